The first-order valence-electron chi connectivity index (χ1n) is 7.21. The molecule has 0 spiro atoms. The molecule has 0 amide bonds. The van der Waals surface area contributed by atoms with Crippen molar-refractivity contribution in [3.63, 3.8) is 0 Å². The average Bonchev–Trinajstić information content (AvgIpc) is 3.16. The van der Waals surface area contributed by atoms with Gasteiger partial charge in [-0.15, -0.1) is 0 Å². The minimum atomic E-state index is 0.353. The van der Waals surface area contributed by atoms with Crippen LogP contribution in [0.5, 0.6) is 0 Å². The maximum absolute atomic E-state index is 6.11. The van der Waals surface area contributed by atoms with E-state index < -0.39 is 0 Å². The van der Waals surface area contributed by atoms with Gasteiger partial charge < -0.3 is 15.0 Å². The van der Waals surface area contributed by atoms with E-state index in [1.54, 1.807) is 0 Å². The van der Waals surface area contributed by atoms with Crippen molar-refractivity contribution in [2.45, 2.75) is 57.3 Å². The number of hydrogen-bond acceptors (Lipinski definition) is 3. The lowest BCUT2D eigenvalue weighted by atomic mass is 9.86. The van der Waals surface area contributed by atoms with Gasteiger partial charge in [0.15, 0.2) is 0 Å². The standard InChI is InChI=1S/C14H23N3O/c15-7-11-3-1-2-4-14(11)18-9-13-8-16-10-17(13)12-5-6-12/h8,10-12,14H,1-7,9,15H2. The molecular formula is C14H23N3O. The average molecular weight is 249 g/mol. The zero-order valence-corrected chi connectivity index (χ0v) is 10.9. The molecule has 2 N–H and O–H groups in total. The molecule has 2 saturated carbocycles. The molecule has 2 unspecified atom stereocenters. The first-order chi connectivity index (χ1) is 8.88. The summed E-state index contributed by atoms with van der Waals surface area (Å²) in [7, 11) is 0. The van der Waals surface area contributed by atoms with E-state index in [1.807, 2.05) is 12.5 Å². The van der Waals surface area contributed by atoms with Crippen molar-refractivity contribution in [3.8, 4) is 0 Å². The van der Waals surface area contributed by atoms with Crippen molar-refractivity contribution in [2.24, 2.45) is 11.7 Å². The molecule has 1 aromatic rings. The largest absolute Gasteiger partial charge is 0.372 e. The van der Waals surface area contributed by atoms with Crippen LogP contribution in [0, 0.1) is 5.92 Å². The summed E-state index contributed by atoms with van der Waals surface area (Å²) in [5, 5.41) is 0. The van der Waals surface area contributed by atoms with Gasteiger partial charge in [0, 0.05) is 6.04 Å². The summed E-state index contributed by atoms with van der Waals surface area (Å²) >= 11 is 0. The molecule has 2 aliphatic rings. The van der Waals surface area contributed by atoms with Gasteiger partial charge in [0.2, 0.25) is 0 Å². The van der Waals surface area contributed by atoms with Crippen LogP contribution in [-0.4, -0.2) is 22.2 Å². The van der Waals surface area contributed by atoms with Crippen LogP contribution in [0.15, 0.2) is 12.5 Å². The number of hydrogen-bond donors (Lipinski definition) is 1. The maximum atomic E-state index is 6.11. The van der Waals surface area contributed by atoms with Crippen molar-refractivity contribution in [1.29, 1.82) is 0 Å². The zero-order valence-electron chi connectivity index (χ0n) is 10.9. The van der Waals surface area contributed by atoms with Crippen molar-refractivity contribution >= 4 is 0 Å². The molecule has 18 heavy (non-hydrogen) atoms. The SMILES string of the molecule is NCC1CCCCC1OCc1cncn1C1CC1. The van der Waals surface area contributed by atoms with Gasteiger partial charge >= 0.3 is 0 Å². The van der Waals surface area contributed by atoms with E-state index in [1.165, 1.54) is 44.2 Å². The first-order valence-corrected chi connectivity index (χ1v) is 7.21. The molecule has 0 bridgehead atoms. The lowest BCUT2D eigenvalue weighted by Crippen LogP contribution is -2.33. The number of rotatable bonds is 5. The monoisotopic (exact) mass is 249 g/mol. The molecule has 0 radical (unpaired) electrons. The van der Waals surface area contributed by atoms with Crippen molar-refractivity contribution < 1.29 is 4.74 Å². The van der Waals surface area contributed by atoms with Crippen molar-refractivity contribution in [1.82, 2.24) is 9.55 Å². The number of aromatic nitrogens is 2. The van der Waals surface area contributed by atoms with Crippen LogP contribution in [0.25, 0.3) is 0 Å². The summed E-state index contributed by atoms with van der Waals surface area (Å²) in [6.07, 6.45) is 11.8. The molecule has 4 heteroatoms. The van der Waals surface area contributed by atoms with Crippen LogP contribution < -0.4 is 5.73 Å². The molecule has 0 aromatic carbocycles. The van der Waals surface area contributed by atoms with Crippen molar-refractivity contribution in [2.75, 3.05) is 6.54 Å². The normalized spacial score (nSPS) is 28.5. The van der Waals surface area contributed by atoms with Crippen LogP contribution in [0.4, 0.5) is 0 Å². The molecule has 2 fully saturated rings. The molecule has 1 aromatic heterocycles. The highest BCUT2D eigenvalue weighted by Crippen LogP contribution is 2.36. The molecule has 100 valence electrons. The fourth-order valence-corrected chi connectivity index (χ4v) is 2.98. The number of imidazole rings is 1. The second-order valence-electron chi connectivity index (χ2n) is 5.65. The van der Waals surface area contributed by atoms with E-state index in [-0.39, 0.29) is 0 Å². The fraction of sp³-hybridized carbons (Fsp3) is 0.786. The van der Waals surface area contributed by atoms with Gasteiger partial charge in [0.1, 0.15) is 0 Å². The summed E-state index contributed by atoms with van der Waals surface area (Å²) in [6.45, 7) is 1.45. The summed E-state index contributed by atoms with van der Waals surface area (Å²) in [4.78, 5) is 4.24. The highest BCUT2D eigenvalue weighted by Gasteiger charge is 2.27. The van der Waals surface area contributed by atoms with Gasteiger partial charge in [0.25, 0.3) is 0 Å². The van der Waals surface area contributed by atoms with Gasteiger partial charge in [-0.05, 0) is 38.1 Å². The summed E-state index contributed by atoms with van der Waals surface area (Å²) in [5.41, 5.74) is 7.05. The number of nitrogens with two attached hydrogens (primary N) is 1. The minimum Gasteiger partial charge on any atom is -0.372 e. The van der Waals surface area contributed by atoms with Gasteiger partial charge in [0.05, 0.1) is 30.9 Å². The summed E-state index contributed by atoms with van der Waals surface area (Å²) in [6, 6.07) is 0.683. The lowest BCUT2D eigenvalue weighted by Gasteiger charge is -2.30. The molecule has 0 aliphatic heterocycles. The first kappa shape index (κ1) is 12.2. The van der Waals surface area contributed by atoms with Crippen LogP contribution in [0.1, 0.15) is 50.3 Å². The third-order valence-electron chi connectivity index (χ3n) is 4.27. The molecule has 2 atom stereocenters. The van der Waals surface area contributed by atoms with E-state index in [2.05, 4.69) is 9.55 Å². The van der Waals surface area contributed by atoms with Gasteiger partial charge in [-0.3, -0.25) is 0 Å². The topological polar surface area (TPSA) is 53.1 Å². The third kappa shape index (κ3) is 2.59. The smallest absolute Gasteiger partial charge is 0.0951 e. The molecular weight excluding hydrogens is 226 g/mol. The van der Waals surface area contributed by atoms with Crippen LogP contribution in [-0.2, 0) is 11.3 Å². The Morgan fingerprint density at radius 1 is 1.28 bits per heavy atom. The van der Waals surface area contributed by atoms with E-state index in [0.29, 0.717) is 24.7 Å². The third-order valence-corrected chi connectivity index (χ3v) is 4.27. The Morgan fingerprint density at radius 3 is 2.89 bits per heavy atom. The van der Waals surface area contributed by atoms with Gasteiger partial charge in [-0.2, -0.15) is 0 Å². The molecule has 1 heterocycles. The molecule has 4 nitrogen and oxygen atoms in total. The number of nitrogens with zero attached hydrogens (tertiary/aromatic N) is 2. The Labute approximate surface area is 109 Å². The van der Waals surface area contributed by atoms with Crippen molar-refractivity contribution in [3.05, 3.63) is 18.2 Å². The zero-order chi connectivity index (χ0) is 12.4. The van der Waals surface area contributed by atoms with E-state index in [9.17, 15) is 0 Å². The molecule has 0 saturated heterocycles. The Morgan fingerprint density at radius 2 is 2.11 bits per heavy atom. The molecule has 2 aliphatic carbocycles. The Balaban J connectivity index is 1.57. The Bertz CT molecular complexity index is 386. The summed E-state index contributed by atoms with van der Waals surface area (Å²) < 4.78 is 8.39. The van der Waals surface area contributed by atoms with Crippen LogP contribution in [0.3, 0.4) is 0 Å². The van der Waals surface area contributed by atoms with Crippen LogP contribution >= 0.6 is 0 Å². The van der Waals surface area contributed by atoms with E-state index >= 15 is 0 Å². The van der Waals surface area contributed by atoms with Crippen LogP contribution in [0.2, 0.25) is 0 Å². The maximum Gasteiger partial charge on any atom is 0.0951 e. The number of ether oxygens (including phenoxy) is 1. The van der Waals surface area contributed by atoms with E-state index in [4.69, 9.17) is 10.5 Å². The summed E-state index contributed by atoms with van der Waals surface area (Å²) in [5.74, 6) is 0.552. The lowest BCUT2D eigenvalue weighted by molar-refractivity contribution is -0.0206. The van der Waals surface area contributed by atoms with E-state index in [0.717, 1.165) is 6.54 Å². The van der Waals surface area contributed by atoms with Gasteiger partial charge in [-0.1, -0.05) is 12.8 Å². The second kappa shape index (κ2) is 5.41. The highest BCUT2D eigenvalue weighted by atomic mass is 16.5. The quantitative estimate of drug-likeness (QED) is 0.870. The fourth-order valence-electron chi connectivity index (χ4n) is 2.98. The predicted molar refractivity (Wildman–Crippen MR) is 70.1 cm³/mol. The molecule has 3 rings (SSSR count). The van der Waals surface area contributed by atoms with Gasteiger partial charge in [-0.25, -0.2) is 4.98 Å². The Hall–Kier alpha value is -0.870. The Kier molecular flexibility index (Phi) is 3.66. The predicted octanol–water partition coefficient (Wildman–Crippen LogP) is 2.25. The second-order valence-corrected chi connectivity index (χ2v) is 5.65. The highest BCUT2D eigenvalue weighted by molar-refractivity contribution is 5.02. The minimum absolute atomic E-state index is 0.353.